The maximum absolute atomic E-state index is 11.6. The third-order valence-electron chi connectivity index (χ3n) is 4.75. The van der Waals surface area contributed by atoms with Gasteiger partial charge in [0.05, 0.1) is 6.33 Å². The molecule has 0 amide bonds. The fourth-order valence-electron chi connectivity index (χ4n) is 3.11. The van der Waals surface area contributed by atoms with Gasteiger partial charge in [0.2, 0.25) is 0 Å². The van der Waals surface area contributed by atoms with E-state index in [1.165, 1.54) is 17.0 Å². The molecule has 0 unspecified atom stereocenters. The normalized spacial score (nSPS) is 15.2. The Hall–Kier alpha value is -2.97. The average molecular weight is 368 g/mol. The number of aryl methyl sites for hydroxylation is 1. The van der Waals surface area contributed by atoms with Gasteiger partial charge in [0.1, 0.15) is 11.6 Å². The molecule has 0 atom stereocenters. The zero-order valence-corrected chi connectivity index (χ0v) is 16.0. The third kappa shape index (κ3) is 3.36. The van der Waals surface area contributed by atoms with Gasteiger partial charge in [0.25, 0.3) is 5.56 Å². The van der Waals surface area contributed by atoms with Gasteiger partial charge >= 0.3 is 0 Å². The van der Waals surface area contributed by atoms with E-state index in [4.69, 9.17) is 5.10 Å². The van der Waals surface area contributed by atoms with Gasteiger partial charge in [-0.05, 0) is 12.1 Å². The predicted octanol–water partition coefficient (Wildman–Crippen LogP) is 1.06. The first-order chi connectivity index (χ1) is 12.8. The van der Waals surface area contributed by atoms with E-state index >= 15 is 0 Å². The zero-order valence-electron chi connectivity index (χ0n) is 16.0. The molecule has 0 radical (unpaired) electrons. The van der Waals surface area contributed by atoms with Crippen LogP contribution in [0.15, 0.2) is 29.3 Å². The largest absolute Gasteiger partial charge is 0.369 e. The fraction of sp³-hybridized carbons (Fsp3) is 0.500. The summed E-state index contributed by atoms with van der Waals surface area (Å²) < 4.78 is 3.29. The summed E-state index contributed by atoms with van der Waals surface area (Å²) in [6, 6.07) is 5.47. The summed E-state index contributed by atoms with van der Waals surface area (Å²) in [5.41, 5.74) is 0.578. The summed E-state index contributed by atoms with van der Waals surface area (Å²) in [6.45, 7) is 8.90. The third-order valence-corrected chi connectivity index (χ3v) is 4.75. The molecule has 4 rings (SSSR count). The van der Waals surface area contributed by atoms with Crippen molar-refractivity contribution in [3.8, 4) is 0 Å². The van der Waals surface area contributed by atoms with Crippen molar-refractivity contribution in [1.82, 2.24) is 29.4 Å². The lowest BCUT2D eigenvalue weighted by molar-refractivity contribution is 0.423. The second-order valence-corrected chi connectivity index (χ2v) is 8.11. The number of anilines is 2. The van der Waals surface area contributed by atoms with Crippen LogP contribution in [-0.2, 0) is 12.5 Å². The van der Waals surface area contributed by atoms with Crippen molar-refractivity contribution in [2.45, 2.75) is 26.2 Å². The SMILES string of the molecule is Cn1cnc(NCC2CN(c3ccc4nnc(C(C)(C)C)n4n3)C2)cc1=O. The molecule has 27 heavy (non-hydrogen) atoms. The number of fused-ring (bicyclic) bond motifs is 1. The molecule has 0 bridgehead atoms. The number of hydrogen-bond donors (Lipinski definition) is 1. The van der Waals surface area contributed by atoms with Crippen molar-refractivity contribution in [3.63, 3.8) is 0 Å². The number of aromatic nitrogens is 6. The second-order valence-electron chi connectivity index (χ2n) is 8.11. The smallest absolute Gasteiger partial charge is 0.255 e. The van der Waals surface area contributed by atoms with Gasteiger partial charge in [-0.1, -0.05) is 20.8 Å². The second kappa shape index (κ2) is 6.33. The van der Waals surface area contributed by atoms with Crippen LogP contribution in [-0.4, -0.2) is 49.0 Å². The fourth-order valence-corrected chi connectivity index (χ4v) is 3.11. The van der Waals surface area contributed by atoms with Crippen LogP contribution in [0.25, 0.3) is 5.65 Å². The molecule has 1 aliphatic rings. The maximum Gasteiger partial charge on any atom is 0.255 e. The van der Waals surface area contributed by atoms with Crippen molar-refractivity contribution in [1.29, 1.82) is 0 Å². The van der Waals surface area contributed by atoms with Crippen LogP contribution in [0, 0.1) is 5.92 Å². The predicted molar refractivity (Wildman–Crippen MR) is 103 cm³/mol. The van der Waals surface area contributed by atoms with E-state index < -0.39 is 0 Å². The van der Waals surface area contributed by atoms with Gasteiger partial charge in [-0.2, -0.15) is 4.52 Å². The molecular formula is C18H24N8O. The Morgan fingerprint density at radius 3 is 2.70 bits per heavy atom. The molecule has 0 saturated carbocycles. The Morgan fingerprint density at radius 1 is 1.22 bits per heavy atom. The molecular weight excluding hydrogens is 344 g/mol. The van der Waals surface area contributed by atoms with E-state index in [0.29, 0.717) is 11.7 Å². The van der Waals surface area contributed by atoms with E-state index in [2.05, 4.69) is 46.2 Å². The van der Waals surface area contributed by atoms with Gasteiger partial charge in [0, 0.05) is 44.1 Å². The summed E-state index contributed by atoms with van der Waals surface area (Å²) in [4.78, 5) is 18.1. The molecule has 9 nitrogen and oxygen atoms in total. The average Bonchev–Trinajstić information content (AvgIpc) is 3.00. The standard InChI is InChI=1S/C18H24N8O/c1-18(2,3)17-22-21-14-5-6-15(23-26(14)17)25-9-12(10-25)8-19-13-7-16(27)24(4)11-20-13/h5-7,11-12,19H,8-10H2,1-4H3. The van der Waals surface area contributed by atoms with Crippen LogP contribution in [0.1, 0.15) is 26.6 Å². The van der Waals surface area contributed by atoms with Crippen molar-refractivity contribution in [3.05, 3.63) is 40.7 Å². The van der Waals surface area contributed by atoms with Gasteiger partial charge < -0.3 is 14.8 Å². The minimum atomic E-state index is -0.119. The van der Waals surface area contributed by atoms with Crippen LogP contribution in [0.4, 0.5) is 11.6 Å². The maximum atomic E-state index is 11.6. The highest BCUT2D eigenvalue weighted by atomic mass is 16.1. The summed E-state index contributed by atoms with van der Waals surface area (Å²) >= 11 is 0. The van der Waals surface area contributed by atoms with Crippen molar-refractivity contribution < 1.29 is 0 Å². The van der Waals surface area contributed by atoms with Crippen LogP contribution in [0.3, 0.4) is 0 Å². The highest BCUT2D eigenvalue weighted by Crippen LogP contribution is 2.25. The lowest BCUT2D eigenvalue weighted by Gasteiger charge is -2.40. The van der Waals surface area contributed by atoms with Crippen LogP contribution < -0.4 is 15.8 Å². The summed E-state index contributed by atoms with van der Waals surface area (Å²) in [5.74, 6) is 2.89. The molecule has 3 aromatic rings. The zero-order chi connectivity index (χ0) is 19.2. The Morgan fingerprint density at radius 2 is 2.00 bits per heavy atom. The first-order valence-corrected chi connectivity index (χ1v) is 9.06. The molecule has 0 spiro atoms. The molecule has 142 valence electrons. The molecule has 1 saturated heterocycles. The molecule has 3 aromatic heterocycles. The topological polar surface area (TPSA) is 93.2 Å². The van der Waals surface area contributed by atoms with Gasteiger partial charge in [-0.3, -0.25) is 4.79 Å². The van der Waals surface area contributed by atoms with Gasteiger partial charge in [-0.25, -0.2) is 4.98 Å². The Bertz CT molecular complexity index is 1030. The van der Waals surface area contributed by atoms with Crippen molar-refractivity contribution in [2.75, 3.05) is 29.9 Å². The number of rotatable bonds is 4. The van der Waals surface area contributed by atoms with E-state index in [0.717, 1.165) is 36.9 Å². The minimum absolute atomic E-state index is 0.0659. The minimum Gasteiger partial charge on any atom is -0.369 e. The lowest BCUT2D eigenvalue weighted by atomic mass is 9.96. The van der Waals surface area contributed by atoms with Crippen molar-refractivity contribution in [2.24, 2.45) is 13.0 Å². The molecule has 0 aliphatic carbocycles. The summed E-state index contributed by atoms with van der Waals surface area (Å²) in [5, 5.41) is 16.5. The van der Waals surface area contributed by atoms with E-state index in [1.807, 2.05) is 16.6 Å². The molecule has 1 N–H and O–H groups in total. The van der Waals surface area contributed by atoms with E-state index in [9.17, 15) is 4.79 Å². The summed E-state index contributed by atoms with van der Waals surface area (Å²) in [7, 11) is 1.69. The van der Waals surface area contributed by atoms with Crippen molar-refractivity contribution >= 4 is 17.3 Å². The van der Waals surface area contributed by atoms with Crippen LogP contribution >= 0.6 is 0 Å². The first-order valence-electron chi connectivity index (χ1n) is 9.06. The molecule has 4 heterocycles. The highest BCUT2D eigenvalue weighted by Gasteiger charge is 2.29. The molecule has 0 aromatic carbocycles. The molecule has 9 heteroatoms. The van der Waals surface area contributed by atoms with Gasteiger partial charge in [0.15, 0.2) is 11.5 Å². The molecule has 1 fully saturated rings. The summed E-state index contributed by atoms with van der Waals surface area (Å²) in [6.07, 6.45) is 1.53. The monoisotopic (exact) mass is 368 g/mol. The quantitative estimate of drug-likeness (QED) is 0.736. The number of hydrogen-bond acceptors (Lipinski definition) is 7. The van der Waals surface area contributed by atoms with Gasteiger partial charge in [-0.15, -0.1) is 15.3 Å². The Labute approximate surface area is 157 Å². The Kier molecular flexibility index (Phi) is 4.09. The van der Waals surface area contributed by atoms with E-state index in [-0.39, 0.29) is 11.0 Å². The van der Waals surface area contributed by atoms with Crippen LogP contribution in [0.2, 0.25) is 0 Å². The Balaban J connectivity index is 1.40. The van der Waals surface area contributed by atoms with E-state index in [1.54, 1.807) is 7.05 Å². The van der Waals surface area contributed by atoms with Crippen LogP contribution in [0.5, 0.6) is 0 Å². The molecule has 1 aliphatic heterocycles. The lowest BCUT2D eigenvalue weighted by Crippen LogP contribution is -2.50. The number of nitrogens with one attached hydrogen (secondary N) is 1. The number of nitrogens with zero attached hydrogens (tertiary/aromatic N) is 7. The first kappa shape index (κ1) is 17.4. The highest BCUT2D eigenvalue weighted by molar-refractivity contribution is 5.48.